The maximum atomic E-state index is 11.1. The van der Waals surface area contributed by atoms with Crippen LogP contribution in [0, 0.1) is 12.8 Å². The molecule has 0 saturated heterocycles. The molecule has 1 atom stereocenters. The Morgan fingerprint density at radius 2 is 1.86 bits per heavy atom. The number of carboxylic acids is 1. The average Bonchev–Trinajstić information content (AvgIpc) is 3.49. The van der Waals surface area contributed by atoms with Crippen LogP contribution < -0.4 is 5.32 Å². The molecule has 2 aliphatic rings. The van der Waals surface area contributed by atoms with Gasteiger partial charge < -0.3 is 14.9 Å². The van der Waals surface area contributed by atoms with Crippen LogP contribution in [0.4, 0.5) is 0 Å². The molecule has 7 heteroatoms. The molecule has 0 radical (unpaired) electrons. The first-order valence-electron chi connectivity index (χ1n) is 12.3. The van der Waals surface area contributed by atoms with Crippen molar-refractivity contribution in [2.45, 2.75) is 44.7 Å². The number of hydrogen-bond donors (Lipinski definition) is 2. The van der Waals surface area contributed by atoms with Crippen molar-refractivity contribution in [1.82, 2.24) is 15.5 Å². The van der Waals surface area contributed by atoms with E-state index in [0.29, 0.717) is 24.6 Å². The highest BCUT2D eigenvalue weighted by Crippen LogP contribution is 2.38. The molecule has 1 unspecified atom stereocenters. The van der Waals surface area contributed by atoms with Crippen LogP contribution >= 0.6 is 11.6 Å². The summed E-state index contributed by atoms with van der Waals surface area (Å²) in [5.74, 6) is 0.169. The monoisotopic (exact) mass is 499 g/mol. The molecule has 36 heavy (non-hydrogen) atoms. The third-order valence-corrected chi connectivity index (χ3v) is 7.80. The Kier molecular flexibility index (Phi) is 5.86. The van der Waals surface area contributed by atoms with Crippen molar-refractivity contribution in [3.8, 4) is 34.0 Å². The van der Waals surface area contributed by atoms with E-state index >= 15 is 0 Å². The topological polar surface area (TPSA) is 88.2 Å². The lowest BCUT2D eigenvalue weighted by Gasteiger charge is -2.35. The Morgan fingerprint density at radius 1 is 1.06 bits per heavy atom. The van der Waals surface area contributed by atoms with Gasteiger partial charge in [0.15, 0.2) is 0 Å². The number of nitrogens with one attached hydrogen (secondary N) is 1. The van der Waals surface area contributed by atoms with Crippen LogP contribution in [0.25, 0.3) is 34.0 Å². The predicted molar refractivity (Wildman–Crippen MR) is 139 cm³/mol. The third-order valence-electron chi connectivity index (χ3n) is 7.47. The van der Waals surface area contributed by atoms with Gasteiger partial charge in [-0.2, -0.15) is 4.98 Å². The van der Waals surface area contributed by atoms with Crippen LogP contribution in [0.5, 0.6) is 0 Å². The van der Waals surface area contributed by atoms with Crippen molar-refractivity contribution in [2.24, 2.45) is 5.92 Å². The molecule has 6 nitrogen and oxygen atoms in total. The third kappa shape index (κ3) is 4.21. The summed E-state index contributed by atoms with van der Waals surface area (Å²) in [6.07, 6.45) is 3.42. The van der Waals surface area contributed by atoms with Gasteiger partial charge in [-0.1, -0.05) is 53.2 Å². The quantitative estimate of drug-likeness (QED) is 0.316. The molecule has 182 valence electrons. The van der Waals surface area contributed by atoms with Crippen LogP contribution in [-0.4, -0.2) is 27.3 Å². The Balaban J connectivity index is 1.19. The number of hydrogen-bond acceptors (Lipinski definition) is 5. The number of benzene rings is 3. The predicted octanol–water partition coefficient (Wildman–Crippen LogP) is 6.47. The smallest absolute Gasteiger partial charge is 0.306 e. The van der Waals surface area contributed by atoms with E-state index in [2.05, 4.69) is 34.5 Å². The van der Waals surface area contributed by atoms with Crippen molar-refractivity contribution >= 4 is 17.6 Å². The lowest BCUT2D eigenvalue weighted by atomic mass is 9.80. The summed E-state index contributed by atoms with van der Waals surface area (Å²) in [6, 6.07) is 20.8. The van der Waals surface area contributed by atoms with E-state index < -0.39 is 5.97 Å². The molecule has 0 bridgehead atoms. The number of halogens is 1. The summed E-state index contributed by atoms with van der Waals surface area (Å²) in [4.78, 5) is 15.8. The van der Waals surface area contributed by atoms with Gasteiger partial charge in [-0.25, -0.2) is 0 Å². The molecule has 3 aromatic carbocycles. The lowest BCUT2D eigenvalue weighted by Crippen LogP contribution is -2.45. The van der Waals surface area contributed by atoms with Crippen molar-refractivity contribution in [3.63, 3.8) is 0 Å². The zero-order chi connectivity index (χ0) is 24.8. The summed E-state index contributed by atoms with van der Waals surface area (Å²) >= 11 is 6.39. The number of aryl methyl sites for hydroxylation is 2. The van der Waals surface area contributed by atoms with Gasteiger partial charge in [0.2, 0.25) is 5.82 Å². The zero-order valence-corrected chi connectivity index (χ0v) is 20.6. The summed E-state index contributed by atoms with van der Waals surface area (Å²) in [5.41, 5.74) is 7.52. The summed E-state index contributed by atoms with van der Waals surface area (Å²) in [5, 5.41) is 17.7. The first kappa shape index (κ1) is 23.0. The van der Waals surface area contributed by atoms with Crippen LogP contribution in [0.1, 0.15) is 42.0 Å². The number of rotatable bonds is 6. The van der Waals surface area contributed by atoms with Gasteiger partial charge in [0.25, 0.3) is 5.89 Å². The molecule has 2 aliphatic carbocycles. The molecule has 6 rings (SSSR count). The summed E-state index contributed by atoms with van der Waals surface area (Å²) in [6.45, 7) is 2.05. The van der Waals surface area contributed by atoms with Gasteiger partial charge in [-0.05, 0) is 79.1 Å². The minimum atomic E-state index is -0.685. The maximum absolute atomic E-state index is 11.1. The van der Waals surface area contributed by atoms with Gasteiger partial charge in [0, 0.05) is 33.8 Å². The van der Waals surface area contributed by atoms with E-state index in [1.165, 1.54) is 11.1 Å². The number of fused-ring (bicyclic) bond motifs is 1. The van der Waals surface area contributed by atoms with E-state index in [1.54, 1.807) is 0 Å². The second-order valence-electron chi connectivity index (χ2n) is 9.81. The van der Waals surface area contributed by atoms with Crippen molar-refractivity contribution in [2.75, 3.05) is 0 Å². The average molecular weight is 500 g/mol. The van der Waals surface area contributed by atoms with E-state index in [0.717, 1.165) is 45.7 Å². The minimum Gasteiger partial charge on any atom is -0.481 e. The number of carbonyl (C=O) groups is 1. The standard InChI is InChI=1S/C29H26ClN3O3/c1-16-12-19(7-9-22(16)24-4-2-3-5-25(24)30)28-32-27(33-36-28)18-6-10-23-17(13-18)8-11-26(23)31-21-14-20(15-21)29(34)35/h2-7,9-10,12-13,20-21,26,31H,8,11,14-15H2,1H3,(H,34,35). The molecule has 4 aromatic rings. The fourth-order valence-corrected chi connectivity index (χ4v) is 5.64. The van der Waals surface area contributed by atoms with E-state index in [9.17, 15) is 4.79 Å². The second-order valence-corrected chi connectivity index (χ2v) is 10.2. The molecular formula is C29H26ClN3O3. The highest BCUT2D eigenvalue weighted by molar-refractivity contribution is 6.33. The zero-order valence-electron chi connectivity index (χ0n) is 19.9. The Labute approximate surface area is 214 Å². The first-order chi connectivity index (χ1) is 17.5. The number of aliphatic carboxylic acids is 1. The van der Waals surface area contributed by atoms with Gasteiger partial charge in [0.05, 0.1) is 5.92 Å². The molecule has 0 aliphatic heterocycles. The number of nitrogens with zero attached hydrogens (tertiary/aromatic N) is 2. The van der Waals surface area contributed by atoms with Crippen LogP contribution in [0.15, 0.2) is 65.2 Å². The van der Waals surface area contributed by atoms with Crippen molar-refractivity contribution in [3.05, 3.63) is 82.4 Å². The van der Waals surface area contributed by atoms with Crippen molar-refractivity contribution in [1.29, 1.82) is 0 Å². The Morgan fingerprint density at radius 3 is 2.64 bits per heavy atom. The minimum absolute atomic E-state index is 0.200. The Bertz CT molecular complexity index is 1460. The van der Waals surface area contributed by atoms with E-state index in [-0.39, 0.29) is 18.0 Å². The largest absolute Gasteiger partial charge is 0.481 e. The molecule has 1 fully saturated rings. The summed E-state index contributed by atoms with van der Waals surface area (Å²) < 4.78 is 5.63. The normalized spacial score (nSPS) is 20.7. The fraction of sp³-hybridized carbons (Fsp3) is 0.276. The number of carboxylic acid groups (broad SMARTS) is 1. The molecule has 1 heterocycles. The van der Waals surface area contributed by atoms with Crippen molar-refractivity contribution < 1.29 is 14.4 Å². The molecule has 1 aromatic heterocycles. The molecule has 0 amide bonds. The summed E-state index contributed by atoms with van der Waals surface area (Å²) in [7, 11) is 0. The van der Waals surface area contributed by atoms with Crippen LogP contribution in [0.3, 0.4) is 0 Å². The van der Waals surface area contributed by atoms with Gasteiger partial charge >= 0.3 is 5.97 Å². The van der Waals surface area contributed by atoms with E-state index in [1.807, 2.05) is 48.5 Å². The molecule has 0 spiro atoms. The van der Waals surface area contributed by atoms with E-state index in [4.69, 9.17) is 21.2 Å². The first-order valence-corrected chi connectivity index (χ1v) is 12.7. The maximum Gasteiger partial charge on any atom is 0.306 e. The van der Waals surface area contributed by atoms with Gasteiger partial charge in [-0.15, -0.1) is 0 Å². The SMILES string of the molecule is Cc1cc(-c2nc(-c3ccc4c(c3)CCC4NC3CC(C(=O)O)C3)no2)ccc1-c1ccccc1Cl. The molecular weight excluding hydrogens is 474 g/mol. The highest BCUT2D eigenvalue weighted by Gasteiger charge is 2.36. The van der Waals surface area contributed by atoms with Crippen LogP contribution in [-0.2, 0) is 11.2 Å². The van der Waals surface area contributed by atoms with Crippen LogP contribution in [0.2, 0.25) is 5.02 Å². The number of aromatic nitrogens is 2. The lowest BCUT2D eigenvalue weighted by molar-refractivity contribution is -0.145. The Hall–Kier alpha value is -3.48. The highest BCUT2D eigenvalue weighted by atomic mass is 35.5. The van der Waals surface area contributed by atoms with Gasteiger partial charge in [-0.3, -0.25) is 4.79 Å². The molecule has 2 N–H and O–H groups in total. The fourth-order valence-electron chi connectivity index (χ4n) is 5.41. The van der Waals surface area contributed by atoms with Gasteiger partial charge in [0.1, 0.15) is 0 Å². The molecule has 1 saturated carbocycles. The second kappa shape index (κ2) is 9.19.